The maximum Gasteiger partial charge on any atom is 0.244 e. The molecule has 0 bridgehead atoms. The van der Waals surface area contributed by atoms with E-state index in [-0.39, 0.29) is 11.9 Å². The zero-order valence-corrected chi connectivity index (χ0v) is 16.2. The molecule has 1 N–H and O–H groups in total. The van der Waals surface area contributed by atoms with Gasteiger partial charge in [0.25, 0.3) is 0 Å². The van der Waals surface area contributed by atoms with Gasteiger partial charge in [0.15, 0.2) is 0 Å². The minimum atomic E-state index is -0.0702. The second-order valence-electron chi connectivity index (χ2n) is 6.91. The summed E-state index contributed by atoms with van der Waals surface area (Å²) in [4.78, 5) is 14.7. The molecule has 0 spiro atoms. The number of carbonyl (C=O) groups is 1. The number of hydrogen-bond donors (Lipinski definition) is 1. The normalized spacial score (nSPS) is 15.7. The fourth-order valence-corrected chi connectivity index (χ4v) is 3.25. The summed E-state index contributed by atoms with van der Waals surface area (Å²) in [5.41, 5.74) is 4.57. The molecule has 1 heterocycles. The van der Waals surface area contributed by atoms with E-state index in [4.69, 9.17) is 4.74 Å². The zero-order valence-electron chi connectivity index (χ0n) is 16.2. The van der Waals surface area contributed by atoms with Crippen molar-refractivity contribution in [2.45, 2.75) is 26.3 Å². The van der Waals surface area contributed by atoms with E-state index in [9.17, 15) is 4.79 Å². The SMILES string of the molecule is CCC(NC(=O)/C=C/c1ccc(C)cc1)c1cccc(N2CCOCC2)c1. The molecule has 0 aromatic heterocycles. The number of aryl methyl sites for hydroxylation is 1. The lowest BCUT2D eigenvalue weighted by molar-refractivity contribution is -0.117. The first kappa shape index (κ1) is 19.2. The van der Waals surface area contributed by atoms with Crippen LogP contribution in [-0.4, -0.2) is 32.2 Å². The number of morpholine rings is 1. The Bertz CT molecular complexity index is 777. The molecule has 1 aliphatic heterocycles. The second kappa shape index (κ2) is 9.38. The smallest absolute Gasteiger partial charge is 0.244 e. The molecule has 1 aliphatic rings. The number of ether oxygens (including phenoxy) is 1. The topological polar surface area (TPSA) is 41.6 Å². The summed E-state index contributed by atoms with van der Waals surface area (Å²) in [5, 5.41) is 3.13. The lowest BCUT2D eigenvalue weighted by Gasteiger charge is -2.29. The van der Waals surface area contributed by atoms with E-state index < -0.39 is 0 Å². The van der Waals surface area contributed by atoms with Crippen LogP contribution in [0.15, 0.2) is 54.6 Å². The lowest BCUT2D eigenvalue weighted by atomic mass is 10.0. The molecule has 4 heteroatoms. The van der Waals surface area contributed by atoms with Crippen molar-refractivity contribution in [3.8, 4) is 0 Å². The van der Waals surface area contributed by atoms with Crippen molar-refractivity contribution in [1.29, 1.82) is 0 Å². The summed E-state index contributed by atoms with van der Waals surface area (Å²) < 4.78 is 5.44. The summed E-state index contributed by atoms with van der Waals surface area (Å²) in [6.45, 7) is 7.49. The number of rotatable bonds is 6. The Balaban J connectivity index is 1.65. The van der Waals surface area contributed by atoms with Gasteiger partial charge >= 0.3 is 0 Å². The lowest BCUT2D eigenvalue weighted by Crippen LogP contribution is -2.36. The van der Waals surface area contributed by atoms with Crippen LogP contribution in [0, 0.1) is 6.92 Å². The van der Waals surface area contributed by atoms with Crippen LogP contribution < -0.4 is 10.2 Å². The summed E-state index contributed by atoms with van der Waals surface area (Å²) in [7, 11) is 0. The average molecular weight is 364 g/mol. The number of nitrogens with one attached hydrogen (secondary N) is 1. The van der Waals surface area contributed by atoms with Gasteiger partial charge in [-0.3, -0.25) is 4.79 Å². The molecule has 0 aliphatic carbocycles. The van der Waals surface area contributed by atoms with Crippen LogP contribution in [0.1, 0.15) is 36.1 Å². The van der Waals surface area contributed by atoms with Crippen molar-refractivity contribution in [2.24, 2.45) is 0 Å². The van der Waals surface area contributed by atoms with Crippen molar-refractivity contribution in [3.63, 3.8) is 0 Å². The monoisotopic (exact) mass is 364 g/mol. The third kappa shape index (κ3) is 5.44. The molecule has 3 rings (SSSR count). The molecule has 1 atom stereocenters. The third-order valence-electron chi connectivity index (χ3n) is 4.88. The molecule has 1 saturated heterocycles. The Morgan fingerprint density at radius 1 is 1.19 bits per heavy atom. The van der Waals surface area contributed by atoms with E-state index in [1.807, 2.05) is 30.3 Å². The summed E-state index contributed by atoms with van der Waals surface area (Å²) in [6.07, 6.45) is 4.31. The summed E-state index contributed by atoms with van der Waals surface area (Å²) in [5.74, 6) is -0.0702. The first-order chi connectivity index (χ1) is 13.2. The van der Waals surface area contributed by atoms with Crippen molar-refractivity contribution in [2.75, 3.05) is 31.2 Å². The molecule has 27 heavy (non-hydrogen) atoms. The minimum absolute atomic E-state index is 0.00107. The van der Waals surface area contributed by atoms with Crippen LogP contribution in [0.5, 0.6) is 0 Å². The highest BCUT2D eigenvalue weighted by atomic mass is 16.5. The first-order valence-electron chi connectivity index (χ1n) is 9.63. The second-order valence-corrected chi connectivity index (χ2v) is 6.91. The summed E-state index contributed by atoms with van der Waals surface area (Å²) >= 11 is 0. The molecular formula is C23H28N2O2. The highest BCUT2D eigenvalue weighted by molar-refractivity contribution is 5.92. The molecule has 142 valence electrons. The van der Waals surface area contributed by atoms with Crippen LogP contribution in [0.3, 0.4) is 0 Å². The predicted octanol–water partition coefficient (Wildman–Crippen LogP) is 4.11. The van der Waals surface area contributed by atoms with E-state index in [2.05, 4.69) is 48.3 Å². The van der Waals surface area contributed by atoms with Gasteiger partial charge in [-0.25, -0.2) is 0 Å². The van der Waals surface area contributed by atoms with Crippen molar-refractivity contribution >= 4 is 17.7 Å². The Morgan fingerprint density at radius 2 is 1.93 bits per heavy atom. The van der Waals surface area contributed by atoms with E-state index in [1.54, 1.807) is 6.08 Å². The molecule has 1 unspecified atom stereocenters. The largest absolute Gasteiger partial charge is 0.378 e. The standard InChI is InChI=1S/C23H28N2O2/c1-3-22(24-23(26)12-11-19-9-7-18(2)8-10-19)20-5-4-6-21(17-20)25-13-15-27-16-14-25/h4-12,17,22H,3,13-16H2,1-2H3,(H,24,26)/b12-11+. The highest BCUT2D eigenvalue weighted by Crippen LogP contribution is 2.23. The molecule has 2 aromatic carbocycles. The number of carbonyl (C=O) groups excluding carboxylic acids is 1. The first-order valence-corrected chi connectivity index (χ1v) is 9.63. The Kier molecular flexibility index (Phi) is 6.66. The Morgan fingerprint density at radius 3 is 2.63 bits per heavy atom. The Hall–Kier alpha value is -2.59. The Labute approximate surface area is 161 Å². The number of nitrogens with zero attached hydrogens (tertiary/aromatic N) is 1. The van der Waals surface area contributed by atoms with Crippen LogP contribution in [0.25, 0.3) is 6.08 Å². The highest BCUT2D eigenvalue weighted by Gasteiger charge is 2.15. The molecule has 4 nitrogen and oxygen atoms in total. The quantitative estimate of drug-likeness (QED) is 0.784. The average Bonchev–Trinajstić information content (AvgIpc) is 2.72. The zero-order chi connectivity index (χ0) is 19.1. The summed E-state index contributed by atoms with van der Waals surface area (Å²) in [6, 6.07) is 16.6. The van der Waals surface area contributed by atoms with Gasteiger partial charge in [0.1, 0.15) is 0 Å². The van der Waals surface area contributed by atoms with Gasteiger partial charge < -0.3 is 15.0 Å². The van der Waals surface area contributed by atoms with Crippen LogP contribution in [0.4, 0.5) is 5.69 Å². The van der Waals surface area contributed by atoms with Crippen molar-refractivity contribution in [1.82, 2.24) is 5.32 Å². The van der Waals surface area contributed by atoms with Gasteiger partial charge in [0.05, 0.1) is 19.3 Å². The molecule has 0 saturated carbocycles. The maximum atomic E-state index is 12.4. The minimum Gasteiger partial charge on any atom is -0.378 e. The van der Waals surface area contributed by atoms with Gasteiger partial charge in [-0.1, -0.05) is 48.9 Å². The van der Waals surface area contributed by atoms with E-state index in [0.29, 0.717) is 0 Å². The number of anilines is 1. The molecular weight excluding hydrogens is 336 g/mol. The van der Waals surface area contributed by atoms with Gasteiger partial charge in [-0.15, -0.1) is 0 Å². The fourth-order valence-electron chi connectivity index (χ4n) is 3.25. The van der Waals surface area contributed by atoms with Crippen molar-refractivity contribution < 1.29 is 9.53 Å². The van der Waals surface area contributed by atoms with Crippen molar-refractivity contribution in [3.05, 3.63) is 71.3 Å². The number of hydrogen-bond acceptors (Lipinski definition) is 3. The van der Waals surface area contributed by atoms with Gasteiger partial charge in [0.2, 0.25) is 5.91 Å². The number of benzene rings is 2. The van der Waals surface area contributed by atoms with E-state index in [0.717, 1.165) is 43.9 Å². The van der Waals surface area contributed by atoms with Gasteiger partial charge in [-0.2, -0.15) is 0 Å². The fraction of sp³-hybridized carbons (Fsp3) is 0.348. The maximum absolute atomic E-state index is 12.4. The van der Waals surface area contributed by atoms with Crippen LogP contribution in [0.2, 0.25) is 0 Å². The third-order valence-corrected chi connectivity index (χ3v) is 4.88. The van der Waals surface area contributed by atoms with Gasteiger partial charge in [-0.05, 0) is 42.7 Å². The van der Waals surface area contributed by atoms with Crippen LogP contribution >= 0.6 is 0 Å². The van der Waals surface area contributed by atoms with E-state index >= 15 is 0 Å². The van der Waals surface area contributed by atoms with Gasteiger partial charge in [0, 0.05) is 24.9 Å². The molecule has 1 amide bonds. The molecule has 1 fully saturated rings. The molecule has 0 radical (unpaired) electrons. The van der Waals surface area contributed by atoms with E-state index in [1.165, 1.54) is 11.3 Å². The number of amides is 1. The van der Waals surface area contributed by atoms with Crippen LogP contribution in [-0.2, 0) is 9.53 Å². The molecule has 2 aromatic rings. The predicted molar refractivity (Wildman–Crippen MR) is 111 cm³/mol.